The van der Waals surface area contributed by atoms with E-state index < -0.39 is 11.7 Å². The first-order chi connectivity index (χ1) is 12.9. The molecule has 4 nitrogen and oxygen atoms in total. The Morgan fingerprint density at radius 3 is 2.33 bits per heavy atom. The molecule has 2 N–H and O–H groups in total. The van der Waals surface area contributed by atoms with E-state index in [2.05, 4.69) is 10.6 Å². The highest BCUT2D eigenvalue weighted by atomic mass is 19.4. The Labute approximate surface area is 156 Å². The Morgan fingerprint density at radius 1 is 1.07 bits per heavy atom. The number of hydrogen-bond acceptors (Lipinski definition) is 2. The van der Waals surface area contributed by atoms with E-state index in [0.717, 1.165) is 32.0 Å². The van der Waals surface area contributed by atoms with Crippen molar-refractivity contribution < 1.29 is 18.0 Å². The van der Waals surface area contributed by atoms with E-state index in [-0.39, 0.29) is 17.6 Å². The first-order valence-corrected chi connectivity index (χ1v) is 8.87. The number of anilines is 1. The Morgan fingerprint density at radius 2 is 1.70 bits per heavy atom. The largest absolute Gasteiger partial charge is 0.417 e. The molecule has 0 spiro atoms. The molecule has 0 radical (unpaired) electrons. The van der Waals surface area contributed by atoms with Crippen LogP contribution in [0.4, 0.5) is 23.7 Å². The van der Waals surface area contributed by atoms with Gasteiger partial charge in [0, 0.05) is 18.8 Å². The van der Waals surface area contributed by atoms with Crippen molar-refractivity contribution >= 4 is 11.7 Å². The van der Waals surface area contributed by atoms with Gasteiger partial charge in [0.1, 0.15) is 0 Å². The summed E-state index contributed by atoms with van der Waals surface area (Å²) < 4.78 is 39.6. The molecule has 0 aromatic heterocycles. The van der Waals surface area contributed by atoms with Gasteiger partial charge in [0.25, 0.3) is 0 Å². The zero-order valence-corrected chi connectivity index (χ0v) is 15.0. The van der Waals surface area contributed by atoms with Crippen LogP contribution >= 0.6 is 0 Å². The molecular weight excluding hydrogens is 355 g/mol. The summed E-state index contributed by atoms with van der Waals surface area (Å²) in [6.45, 7) is 1.77. The number of nitrogens with one attached hydrogen (secondary N) is 2. The second kappa shape index (κ2) is 8.00. The summed E-state index contributed by atoms with van der Waals surface area (Å²) in [5.74, 6) is 0. The topological polar surface area (TPSA) is 44.4 Å². The van der Waals surface area contributed by atoms with Crippen LogP contribution in [0.15, 0.2) is 48.5 Å². The van der Waals surface area contributed by atoms with Crippen molar-refractivity contribution in [3.8, 4) is 11.1 Å². The maximum atomic E-state index is 13.2. The number of halogens is 3. The molecule has 0 aliphatic carbocycles. The molecule has 1 aliphatic heterocycles. The average molecular weight is 377 g/mol. The third-order valence-corrected chi connectivity index (χ3v) is 4.86. The van der Waals surface area contributed by atoms with Crippen molar-refractivity contribution in [3.63, 3.8) is 0 Å². The Bertz CT molecular complexity index is 784. The lowest BCUT2D eigenvalue weighted by atomic mass is 9.99. The molecule has 2 aromatic carbocycles. The number of rotatable bonds is 3. The fraction of sp³-hybridized carbons (Fsp3) is 0.350. The van der Waals surface area contributed by atoms with Gasteiger partial charge in [-0.15, -0.1) is 0 Å². The van der Waals surface area contributed by atoms with E-state index in [1.54, 1.807) is 42.3 Å². The lowest BCUT2D eigenvalue weighted by molar-refractivity contribution is -0.137. The summed E-state index contributed by atoms with van der Waals surface area (Å²) in [5.41, 5.74) is 0.448. The molecule has 0 unspecified atom stereocenters. The quantitative estimate of drug-likeness (QED) is 0.822. The maximum absolute atomic E-state index is 13.2. The van der Waals surface area contributed by atoms with Crippen molar-refractivity contribution in [3.05, 3.63) is 54.1 Å². The van der Waals surface area contributed by atoms with E-state index in [1.807, 2.05) is 0 Å². The number of nitrogens with zero attached hydrogens (tertiary/aromatic N) is 1. The van der Waals surface area contributed by atoms with E-state index in [0.29, 0.717) is 11.3 Å². The normalized spacial score (nSPS) is 15.4. The summed E-state index contributed by atoms with van der Waals surface area (Å²) in [5, 5.41) is 6.06. The third-order valence-electron chi connectivity index (χ3n) is 4.86. The number of hydrogen-bond donors (Lipinski definition) is 2. The van der Waals surface area contributed by atoms with E-state index in [1.165, 1.54) is 12.1 Å². The average Bonchev–Trinajstić information content (AvgIpc) is 2.68. The third kappa shape index (κ3) is 4.60. The molecule has 3 rings (SSSR count). The van der Waals surface area contributed by atoms with Gasteiger partial charge in [-0.1, -0.05) is 30.3 Å². The summed E-state index contributed by atoms with van der Waals surface area (Å²) in [4.78, 5) is 14.1. The second-order valence-electron chi connectivity index (χ2n) is 6.64. The summed E-state index contributed by atoms with van der Waals surface area (Å²) in [6.07, 6.45) is -2.62. The van der Waals surface area contributed by atoms with Gasteiger partial charge >= 0.3 is 12.2 Å². The molecule has 1 heterocycles. The van der Waals surface area contributed by atoms with E-state index in [4.69, 9.17) is 0 Å². The monoisotopic (exact) mass is 377 g/mol. The molecule has 27 heavy (non-hydrogen) atoms. The minimum absolute atomic E-state index is 0.120. The molecular formula is C20H22F3N3O. The number of urea groups is 1. The molecule has 2 amide bonds. The van der Waals surface area contributed by atoms with Gasteiger partial charge in [0.15, 0.2) is 0 Å². The van der Waals surface area contributed by atoms with Gasteiger partial charge in [0.05, 0.1) is 5.56 Å². The zero-order chi connectivity index (χ0) is 19.4. The molecule has 144 valence electrons. The van der Waals surface area contributed by atoms with Crippen molar-refractivity contribution in [2.75, 3.05) is 25.5 Å². The number of piperidine rings is 1. The van der Waals surface area contributed by atoms with Crippen LogP contribution in [-0.2, 0) is 6.18 Å². The van der Waals surface area contributed by atoms with Crippen LogP contribution in [0.5, 0.6) is 0 Å². The molecule has 1 fully saturated rings. The van der Waals surface area contributed by atoms with Gasteiger partial charge in [-0.05, 0) is 55.3 Å². The molecule has 1 saturated heterocycles. The zero-order valence-electron chi connectivity index (χ0n) is 15.0. The minimum atomic E-state index is -4.42. The first kappa shape index (κ1) is 19.2. The standard InChI is InChI=1S/C20H22F3N3O/c1-26(16-10-12-24-13-11-16)19(27)25-15-8-6-14(7-9-15)17-4-2-3-5-18(17)20(21,22)23/h2-9,16,24H,10-13H2,1H3,(H,25,27). The van der Waals surface area contributed by atoms with Crippen LogP contribution < -0.4 is 10.6 Å². The van der Waals surface area contributed by atoms with Crippen molar-refractivity contribution in [2.45, 2.75) is 25.1 Å². The molecule has 0 bridgehead atoms. The SMILES string of the molecule is CN(C(=O)Nc1ccc(-c2ccccc2C(F)(F)F)cc1)C1CCNCC1. The fourth-order valence-electron chi connectivity index (χ4n) is 3.29. The van der Waals surface area contributed by atoms with Crippen LogP contribution in [0.2, 0.25) is 0 Å². The lowest BCUT2D eigenvalue weighted by Gasteiger charge is -2.31. The number of benzene rings is 2. The molecule has 7 heteroatoms. The number of carbonyl (C=O) groups is 1. The summed E-state index contributed by atoms with van der Waals surface area (Å²) >= 11 is 0. The summed E-state index contributed by atoms with van der Waals surface area (Å²) in [7, 11) is 1.76. The maximum Gasteiger partial charge on any atom is 0.417 e. The highest BCUT2D eigenvalue weighted by molar-refractivity contribution is 5.89. The Hall–Kier alpha value is -2.54. The first-order valence-electron chi connectivity index (χ1n) is 8.87. The van der Waals surface area contributed by atoms with Crippen LogP contribution in [0.1, 0.15) is 18.4 Å². The van der Waals surface area contributed by atoms with Crippen molar-refractivity contribution in [2.24, 2.45) is 0 Å². The number of carbonyl (C=O) groups excluding carboxylic acids is 1. The Kier molecular flexibility index (Phi) is 5.70. The smallest absolute Gasteiger partial charge is 0.325 e. The molecule has 1 aliphatic rings. The Balaban J connectivity index is 1.72. The number of amides is 2. The van der Waals surface area contributed by atoms with Gasteiger partial charge in [-0.3, -0.25) is 0 Å². The molecule has 0 atom stereocenters. The lowest BCUT2D eigenvalue weighted by Crippen LogP contribution is -2.45. The van der Waals surface area contributed by atoms with Crippen molar-refractivity contribution in [1.29, 1.82) is 0 Å². The number of alkyl halides is 3. The second-order valence-corrected chi connectivity index (χ2v) is 6.64. The van der Waals surface area contributed by atoms with Crippen LogP contribution in [0.25, 0.3) is 11.1 Å². The summed E-state index contributed by atoms with van der Waals surface area (Å²) in [6, 6.07) is 11.9. The van der Waals surface area contributed by atoms with Crippen molar-refractivity contribution in [1.82, 2.24) is 10.2 Å². The predicted octanol–water partition coefficient (Wildman–Crippen LogP) is 4.59. The molecule has 2 aromatic rings. The highest BCUT2D eigenvalue weighted by Gasteiger charge is 2.33. The highest BCUT2D eigenvalue weighted by Crippen LogP contribution is 2.37. The van der Waals surface area contributed by atoms with Gasteiger partial charge in [-0.25, -0.2) is 4.79 Å². The van der Waals surface area contributed by atoms with Gasteiger partial charge in [0.2, 0.25) is 0 Å². The fourth-order valence-corrected chi connectivity index (χ4v) is 3.29. The van der Waals surface area contributed by atoms with E-state index in [9.17, 15) is 18.0 Å². The van der Waals surface area contributed by atoms with Crippen LogP contribution in [-0.4, -0.2) is 37.1 Å². The van der Waals surface area contributed by atoms with Crippen LogP contribution in [0.3, 0.4) is 0 Å². The van der Waals surface area contributed by atoms with Gasteiger partial charge < -0.3 is 15.5 Å². The van der Waals surface area contributed by atoms with E-state index >= 15 is 0 Å². The predicted molar refractivity (Wildman–Crippen MR) is 99.6 cm³/mol. The minimum Gasteiger partial charge on any atom is -0.325 e. The van der Waals surface area contributed by atoms with Crippen LogP contribution in [0, 0.1) is 0 Å². The molecule has 0 saturated carbocycles. The van der Waals surface area contributed by atoms with Gasteiger partial charge in [-0.2, -0.15) is 13.2 Å².